The van der Waals surface area contributed by atoms with E-state index in [0.29, 0.717) is 43.6 Å². The molecule has 14 heteroatoms. The molecule has 232 valence electrons. The van der Waals surface area contributed by atoms with Crippen LogP contribution in [0.1, 0.15) is 5.56 Å². The molecule has 1 N–H and O–H groups in total. The first kappa shape index (κ1) is 32.1. The largest absolute Gasteiger partial charge is 0.493 e. The zero-order valence-corrected chi connectivity index (χ0v) is 25.8. The minimum atomic E-state index is -4.12. The number of hydrogen-bond acceptors (Lipinski definition) is 9. The number of carbonyl (C=O) groups excluding carboxylic acids is 1. The van der Waals surface area contributed by atoms with Crippen LogP contribution in [0, 0.1) is 6.92 Å². The molecule has 1 aliphatic heterocycles. The summed E-state index contributed by atoms with van der Waals surface area (Å²) in [5.74, 6) is 0.582. The van der Waals surface area contributed by atoms with Gasteiger partial charge in [0.2, 0.25) is 15.9 Å². The van der Waals surface area contributed by atoms with Gasteiger partial charge in [-0.1, -0.05) is 17.7 Å². The summed E-state index contributed by atoms with van der Waals surface area (Å²) < 4.78 is 76.7. The molecule has 43 heavy (non-hydrogen) atoms. The van der Waals surface area contributed by atoms with Crippen LogP contribution in [0.25, 0.3) is 0 Å². The highest BCUT2D eigenvalue weighted by Gasteiger charge is 2.28. The highest BCUT2D eigenvalue weighted by atomic mass is 32.2. The summed E-state index contributed by atoms with van der Waals surface area (Å²) in [6.45, 7) is 2.82. The number of carbonyl (C=O) groups is 1. The van der Waals surface area contributed by atoms with E-state index in [0.717, 1.165) is 9.87 Å². The summed E-state index contributed by atoms with van der Waals surface area (Å²) in [5.41, 5.74) is 1.11. The van der Waals surface area contributed by atoms with Crippen molar-refractivity contribution in [2.24, 2.45) is 0 Å². The molecule has 3 aromatic carbocycles. The van der Waals surface area contributed by atoms with Crippen molar-refractivity contribution in [2.75, 3.05) is 64.5 Å². The van der Waals surface area contributed by atoms with E-state index >= 15 is 0 Å². The van der Waals surface area contributed by atoms with Gasteiger partial charge in [0.05, 0.1) is 49.5 Å². The van der Waals surface area contributed by atoms with Crippen molar-refractivity contribution >= 4 is 31.6 Å². The minimum absolute atomic E-state index is 0.0306. The van der Waals surface area contributed by atoms with Gasteiger partial charge in [0.15, 0.2) is 11.5 Å². The first-order valence-electron chi connectivity index (χ1n) is 13.4. The summed E-state index contributed by atoms with van der Waals surface area (Å²) in [6, 6.07) is 17.0. The van der Waals surface area contributed by atoms with Gasteiger partial charge in [0.25, 0.3) is 10.0 Å². The van der Waals surface area contributed by atoms with Gasteiger partial charge in [-0.2, -0.15) is 4.31 Å². The zero-order chi connectivity index (χ0) is 31.0. The topological polar surface area (TPSA) is 141 Å². The Hall–Kier alpha value is -3.85. The monoisotopic (exact) mass is 633 g/mol. The highest BCUT2D eigenvalue weighted by Crippen LogP contribution is 2.33. The molecule has 1 fully saturated rings. The number of methoxy groups -OCH3 is 2. The smallest absolute Gasteiger partial charge is 0.264 e. The molecule has 0 unspecified atom stereocenters. The van der Waals surface area contributed by atoms with Gasteiger partial charge >= 0.3 is 0 Å². The number of amides is 1. The Labute approximate surface area is 252 Å². The van der Waals surface area contributed by atoms with Crippen molar-refractivity contribution in [1.29, 1.82) is 0 Å². The Morgan fingerprint density at radius 2 is 1.51 bits per heavy atom. The zero-order valence-electron chi connectivity index (χ0n) is 24.2. The fourth-order valence-corrected chi connectivity index (χ4v) is 7.14. The van der Waals surface area contributed by atoms with Gasteiger partial charge in [-0.3, -0.25) is 9.10 Å². The van der Waals surface area contributed by atoms with Crippen molar-refractivity contribution in [3.63, 3.8) is 0 Å². The Kier molecular flexibility index (Phi) is 10.5. The number of sulfonamides is 2. The number of ether oxygens (including phenoxy) is 4. The quantitative estimate of drug-likeness (QED) is 0.281. The van der Waals surface area contributed by atoms with Crippen LogP contribution in [-0.4, -0.2) is 87.3 Å². The second kappa shape index (κ2) is 14.1. The third-order valence-electron chi connectivity index (χ3n) is 6.68. The number of aryl methyl sites for hydroxylation is 1. The number of anilines is 1. The lowest BCUT2D eigenvalue weighted by atomic mass is 10.2. The third kappa shape index (κ3) is 7.76. The number of rotatable bonds is 13. The molecule has 0 aromatic heterocycles. The van der Waals surface area contributed by atoms with Crippen LogP contribution in [0.3, 0.4) is 0 Å². The van der Waals surface area contributed by atoms with E-state index < -0.39 is 32.5 Å². The summed E-state index contributed by atoms with van der Waals surface area (Å²) >= 11 is 0. The molecule has 0 spiro atoms. The van der Waals surface area contributed by atoms with Crippen LogP contribution in [0.2, 0.25) is 0 Å². The van der Waals surface area contributed by atoms with E-state index in [4.69, 9.17) is 18.9 Å². The van der Waals surface area contributed by atoms with Crippen LogP contribution < -0.4 is 23.8 Å². The maximum absolute atomic E-state index is 13.6. The van der Waals surface area contributed by atoms with E-state index in [1.807, 2.05) is 6.92 Å². The van der Waals surface area contributed by atoms with Crippen LogP contribution >= 0.6 is 0 Å². The number of hydrogen-bond donors (Lipinski definition) is 1. The van der Waals surface area contributed by atoms with Gasteiger partial charge in [-0.05, 0) is 55.5 Å². The molecule has 0 bridgehead atoms. The Bertz CT molecular complexity index is 1610. The van der Waals surface area contributed by atoms with Gasteiger partial charge in [-0.25, -0.2) is 16.8 Å². The van der Waals surface area contributed by atoms with E-state index in [1.165, 1.54) is 54.9 Å². The molecule has 4 rings (SSSR count). The summed E-state index contributed by atoms with van der Waals surface area (Å²) in [6.07, 6.45) is 0. The van der Waals surface area contributed by atoms with Gasteiger partial charge in [0, 0.05) is 19.2 Å². The lowest BCUT2D eigenvalue weighted by Crippen LogP contribution is -2.42. The average Bonchev–Trinajstić information content (AvgIpc) is 3.02. The normalized spacial score (nSPS) is 14.1. The van der Waals surface area contributed by atoms with E-state index in [9.17, 15) is 21.6 Å². The van der Waals surface area contributed by atoms with E-state index in [1.54, 1.807) is 30.3 Å². The molecule has 0 aliphatic carbocycles. The summed E-state index contributed by atoms with van der Waals surface area (Å²) in [7, 11) is -4.84. The number of nitrogens with zero attached hydrogens (tertiary/aromatic N) is 2. The predicted molar refractivity (Wildman–Crippen MR) is 160 cm³/mol. The van der Waals surface area contributed by atoms with Crippen molar-refractivity contribution in [1.82, 2.24) is 9.62 Å². The van der Waals surface area contributed by atoms with Crippen molar-refractivity contribution in [2.45, 2.75) is 16.7 Å². The van der Waals surface area contributed by atoms with E-state index in [2.05, 4.69) is 5.32 Å². The minimum Gasteiger partial charge on any atom is -0.493 e. The summed E-state index contributed by atoms with van der Waals surface area (Å²) in [5, 5.41) is 2.68. The maximum Gasteiger partial charge on any atom is 0.264 e. The van der Waals surface area contributed by atoms with Crippen molar-refractivity contribution in [3.8, 4) is 17.2 Å². The average molecular weight is 634 g/mol. The Balaban J connectivity index is 1.40. The summed E-state index contributed by atoms with van der Waals surface area (Å²) in [4.78, 5) is 13.1. The Morgan fingerprint density at radius 1 is 0.884 bits per heavy atom. The standard InChI is InChI=1S/C29H35N3O9S2/c1-22-4-9-26(10-5-22)43(36,37)32(23-6-13-27(38-2)28(20-23)39-3)21-29(33)30-14-17-41-24-7-11-25(12-8-24)42(34,35)31-15-18-40-19-16-31/h4-13,20H,14-19,21H2,1-3H3,(H,30,33). The SMILES string of the molecule is COc1ccc(N(CC(=O)NCCOc2ccc(S(=O)(=O)N3CCOCC3)cc2)S(=O)(=O)c2ccc(C)cc2)cc1OC. The third-order valence-corrected chi connectivity index (χ3v) is 10.4. The second-order valence-electron chi connectivity index (χ2n) is 9.55. The molecule has 1 aliphatic rings. The molecule has 0 radical (unpaired) electrons. The molecule has 12 nitrogen and oxygen atoms in total. The molecule has 3 aromatic rings. The van der Waals surface area contributed by atoms with E-state index in [-0.39, 0.29) is 28.6 Å². The van der Waals surface area contributed by atoms with Crippen molar-refractivity contribution < 1.29 is 40.6 Å². The highest BCUT2D eigenvalue weighted by molar-refractivity contribution is 7.92. The first-order chi connectivity index (χ1) is 20.6. The van der Waals surface area contributed by atoms with Gasteiger partial charge in [0.1, 0.15) is 18.9 Å². The number of morpholine rings is 1. The molecule has 0 atom stereocenters. The van der Waals surface area contributed by atoms with Crippen LogP contribution in [0.4, 0.5) is 5.69 Å². The Morgan fingerprint density at radius 3 is 2.14 bits per heavy atom. The molecular formula is C29H35N3O9S2. The van der Waals surface area contributed by atoms with Crippen LogP contribution in [0.5, 0.6) is 17.2 Å². The van der Waals surface area contributed by atoms with Gasteiger partial charge in [-0.15, -0.1) is 0 Å². The molecule has 1 amide bonds. The molecule has 1 heterocycles. The predicted octanol–water partition coefficient (Wildman–Crippen LogP) is 2.42. The number of nitrogens with one attached hydrogen (secondary N) is 1. The fourth-order valence-electron chi connectivity index (χ4n) is 4.32. The van der Waals surface area contributed by atoms with Crippen LogP contribution in [0.15, 0.2) is 76.5 Å². The van der Waals surface area contributed by atoms with Gasteiger partial charge < -0.3 is 24.3 Å². The van der Waals surface area contributed by atoms with Crippen LogP contribution in [-0.2, 0) is 29.6 Å². The van der Waals surface area contributed by atoms with Crippen molar-refractivity contribution in [3.05, 3.63) is 72.3 Å². The second-order valence-corrected chi connectivity index (χ2v) is 13.4. The lowest BCUT2D eigenvalue weighted by molar-refractivity contribution is -0.119. The number of benzene rings is 3. The maximum atomic E-state index is 13.6. The first-order valence-corrected chi connectivity index (χ1v) is 16.3. The molecular weight excluding hydrogens is 598 g/mol. The fraction of sp³-hybridized carbons (Fsp3) is 0.345. The molecule has 0 saturated carbocycles. The molecule has 1 saturated heterocycles. The lowest BCUT2D eigenvalue weighted by Gasteiger charge is -2.26.